The van der Waals surface area contributed by atoms with Gasteiger partial charge in [-0.3, -0.25) is 4.79 Å². The van der Waals surface area contributed by atoms with E-state index in [4.69, 9.17) is 4.74 Å². The number of carbonyl (C=O) groups is 1. The number of hydrogen-bond acceptors (Lipinski definition) is 2. The molecule has 7 heteroatoms. The van der Waals surface area contributed by atoms with E-state index in [9.17, 15) is 22.4 Å². The minimum absolute atomic E-state index is 0.197. The molecule has 0 aliphatic carbocycles. The van der Waals surface area contributed by atoms with Crippen molar-refractivity contribution < 1.29 is 27.1 Å². The number of amides is 1. The van der Waals surface area contributed by atoms with Gasteiger partial charge in [0.15, 0.2) is 0 Å². The largest absolute Gasteiger partial charge is 0.416 e. The van der Waals surface area contributed by atoms with E-state index in [1.807, 2.05) is 0 Å². The molecule has 0 saturated carbocycles. The molecule has 0 fully saturated rings. The highest BCUT2D eigenvalue weighted by Gasteiger charge is 2.31. The second kappa shape index (κ2) is 6.51. The summed E-state index contributed by atoms with van der Waals surface area (Å²) in [6.45, 7) is 0.591. The molecule has 0 aliphatic rings. The van der Waals surface area contributed by atoms with Crippen molar-refractivity contribution in [1.29, 1.82) is 0 Å². The summed E-state index contributed by atoms with van der Waals surface area (Å²) in [7, 11) is 1.48. The Hall–Kier alpha value is -1.63. The summed E-state index contributed by atoms with van der Waals surface area (Å²) in [5.74, 6) is -1.86. The maximum absolute atomic E-state index is 13.3. The summed E-state index contributed by atoms with van der Waals surface area (Å²) < 4.78 is 55.4. The van der Waals surface area contributed by atoms with Crippen LogP contribution in [0.2, 0.25) is 0 Å². The van der Waals surface area contributed by atoms with E-state index in [2.05, 4.69) is 5.32 Å². The highest BCUT2D eigenvalue weighted by molar-refractivity contribution is 5.94. The van der Waals surface area contributed by atoms with Crippen LogP contribution in [0.5, 0.6) is 0 Å². The van der Waals surface area contributed by atoms with E-state index in [-0.39, 0.29) is 6.54 Å². The number of benzene rings is 1. The Labute approximate surface area is 107 Å². The van der Waals surface area contributed by atoms with E-state index in [1.165, 1.54) is 7.11 Å². The molecule has 0 saturated heterocycles. The first-order valence-electron chi connectivity index (χ1n) is 5.50. The first-order valence-corrected chi connectivity index (χ1v) is 5.50. The summed E-state index contributed by atoms with van der Waals surface area (Å²) in [6.07, 6.45) is -4.12. The van der Waals surface area contributed by atoms with Crippen molar-refractivity contribution in [1.82, 2.24) is 5.32 Å². The summed E-state index contributed by atoms with van der Waals surface area (Å²) in [5.41, 5.74) is -1.68. The molecule has 0 spiro atoms. The molecule has 3 nitrogen and oxygen atoms in total. The lowest BCUT2D eigenvalue weighted by Crippen LogP contribution is -2.26. The molecule has 0 aliphatic heterocycles. The molecule has 0 unspecified atom stereocenters. The highest BCUT2D eigenvalue weighted by Crippen LogP contribution is 2.30. The number of hydrogen-bond donors (Lipinski definition) is 1. The van der Waals surface area contributed by atoms with Gasteiger partial charge in [-0.15, -0.1) is 0 Å². The SMILES string of the molecule is COCCCNC(=O)c1cc(C(F)(F)F)ccc1F. The number of carbonyl (C=O) groups excluding carboxylic acids is 1. The van der Waals surface area contributed by atoms with Gasteiger partial charge in [-0.2, -0.15) is 13.2 Å². The van der Waals surface area contributed by atoms with Crippen LogP contribution in [0.25, 0.3) is 0 Å². The number of methoxy groups -OCH3 is 1. The Kier molecular flexibility index (Phi) is 5.29. The van der Waals surface area contributed by atoms with Gasteiger partial charge in [0.25, 0.3) is 5.91 Å². The third kappa shape index (κ3) is 4.51. The van der Waals surface area contributed by atoms with E-state index in [0.29, 0.717) is 31.2 Å². The molecule has 0 aromatic heterocycles. The second-order valence-corrected chi connectivity index (χ2v) is 3.79. The van der Waals surface area contributed by atoms with Gasteiger partial charge in [-0.05, 0) is 24.6 Å². The van der Waals surface area contributed by atoms with Crippen molar-refractivity contribution in [2.45, 2.75) is 12.6 Å². The average Bonchev–Trinajstić information content (AvgIpc) is 2.33. The van der Waals surface area contributed by atoms with Crippen LogP contribution in [0.3, 0.4) is 0 Å². The fourth-order valence-electron chi connectivity index (χ4n) is 1.39. The predicted octanol–water partition coefficient (Wildman–Crippen LogP) is 2.61. The number of ether oxygens (including phenoxy) is 1. The Bertz CT molecular complexity index is 446. The summed E-state index contributed by atoms with van der Waals surface area (Å²) in [6, 6.07) is 1.73. The second-order valence-electron chi connectivity index (χ2n) is 3.79. The molecular weight excluding hydrogens is 266 g/mol. The van der Waals surface area contributed by atoms with Crippen molar-refractivity contribution >= 4 is 5.91 Å². The first kappa shape index (κ1) is 15.4. The van der Waals surface area contributed by atoms with Gasteiger partial charge in [0.2, 0.25) is 0 Å². The van der Waals surface area contributed by atoms with Crippen LogP contribution < -0.4 is 5.32 Å². The molecule has 1 N–H and O–H groups in total. The first-order chi connectivity index (χ1) is 8.86. The van der Waals surface area contributed by atoms with E-state index in [1.54, 1.807) is 0 Å². The molecule has 106 valence electrons. The molecule has 0 radical (unpaired) electrons. The van der Waals surface area contributed by atoms with Crippen LogP contribution >= 0.6 is 0 Å². The average molecular weight is 279 g/mol. The molecule has 0 bridgehead atoms. The number of alkyl halides is 3. The van der Waals surface area contributed by atoms with Gasteiger partial charge in [0, 0.05) is 20.3 Å². The van der Waals surface area contributed by atoms with Crippen molar-refractivity contribution in [3.05, 3.63) is 35.1 Å². The zero-order valence-corrected chi connectivity index (χ0v) is 10.2. The van der Waals surface area contributed by atoms with Crippen molar-refractivity contribution in [2.24, 2.45) is 0 Å². The van der Waals surface area contributed by atoms with E-state index < -0.39 is 29.0 Å². The Morgan fingerprint density at radius 2 is 2.05 bits per heavy atom. The maximum Gasteiger partial charge on any atom is 0.416 e. The van der Waals surface area contributed by atoms with Crippen molar-refractivity contribution in [3.8, 4) is 0 Å². The molecule has 1 aromatic carbocycles. The topological polar surface area (TPSA) is 38.3 Å². The van der Waals surface area contributed by atoms with Gasteiger partial charge in [-0.25, -0.2) is 4.39 Å². The molecule has 1 aromatic rings. The van der Waals surface area contributed by atoms with Crippen molar-refractivity contribution in [2.75, 3.05) is 20.3 Å². The lowest BCUT2D eigenvalue weighted by atomic mass is 10.1. The summed E-state index contributed by atoms with van der Waals surface area (Å²) in [4.78, 5) is 11.5. The number of halogens is 4. The lowest BCUT2D eigenvalue weighted by molar-refractivity contribution is -0.137. The van der Waals surface area contributed by atoms with Crippen LogP contribution in [-0.2, 0) is 10.9 Å². The molecule has 0 heterocycles. The molecule has 1 rings (SSSR count). The maximum atomic E-state index is 13.3. The lowest BCUT2D eigenvalue weighted by Gasteiger charge is -2.10. The van der Waals surface area contributed by atoms with Gasteiger partial charge in [0.1, 0.15) is 5.82 Å². The fraction of sp³-hybridized carbons (Fsp3) is 0.417. The summed E-state index contributed by atoms with van der Waals surface area (Å²) >= 11 is 0. The van der Waals surface area contributed by atoms with Crippen LogP contribution in [0.15, 0.2) is 18.2 Å². The monoisotopic (exact) mass is 279 g/mol. The Morgan fingerprint density at radius 1 is 1.37 bits per heavy atom. The zero-order chi connectivity index (χ0) is 14.5. The Balaban J connectivity index is 2.78. The summed E-state index contributed by atoms with van der Waals surface area (Å²) in [5, 5.41) is 2.33. The third-order valence-corrected chi connectivity index (χ3v) is 2.35. The Morgan fingerprint density at radius 3 is 2.63 bits per heavy atom. The molecular formula is C12H13F4NO2. The van der Waals surface area contributed by atoms with Crippen LogP contribution in [0, 0.1) is 5.82 Å². The highest BCUT2D eigenvalue weighted by atomic mass is 19.4. The molecule has 19 heavy (non-hydrogen) atoms. The fourth-order valence-corrected chi connectivity index (χ4v) is 1.39. The van der Waals surface area contributed by atoms with Crippen LogP contribution in [-0.4, -0.2) is 26.2 Å². The molecule has 1 amide bonds. The smallest absolute Gasteiger partial charge is 0.385 e. The number of nitrogens with one attached hydrogen (secondary N) is 1. The van der Waals surface area contributed by atoms with Crippen LogP contribution in [0.1, 0.15) is 22.3 Å². The van der Waals surface area contributed by atoms with Gasteiger partial charge in [0.05, 0.1) is 11.1 Å². The molecule has 0 atom stereocenters. The number of rotatable bonds is 5. The van der Waals surface area contributed by atoms with E-state index in [0.717, 1.165) is 0 Å². The standard InChI is InChI=1S/C12H13F4NO2/c1-19-6-2-5-17-11(18)9-7-8(12(14,15)16)3-4-10(9)13/h3-4,7H,2,5-6H2,1H3,(H,17,18). The van der Waals surface area contributed by atoms with E-state index >= 15 is 0 Å². The van der Waals surface area contributed by atoms with Crippen molar-refractivity contribution in [3.63, 3.8) is 0 Å². The normalized spacial score (nSPS) is 11.4. The quantitative estimate of drug-likeness (QED) is 0.664. The predicted molar refractivity (Wildman–Crippen MR) is 60.2 cm³/mol. The third-order valence-electron chi connectivity index (χ3n) is 2.35. The van der Waals surface area contributed by atoms with Gasteiger partial charge < -0.3 is 10.1 Å². The minimum atomic E-state index is -4.61. The zero-order valence-electron chi connectivity index (χ0n) is 10.2. The minimum Gasteiger partial charge on any atom is -0.385 e. The van der Waals surface area contributed by atoms with Gasteiger partial charge in [-0.1, -0.05) is 0 Å². The van der Waals surface area contributed by atoms with Gasteiger partial charge >= 0.3 is 6.18 Å². The van der Waals surface area contributed by atoms with Crippen LogP contribution in [0.4, 0.5) is 17.6 Å².